The SMILES string of the molecule is CCc1ccc(OCCCn2cc(C=C3C(=N)N4C=C(C)SC4=NC3=O)c3ccccc32)cc1. The summed E-state index contributed by atoms with van der Waals surface area (Å²) >= 11 is 1.42. The van der Waals surface area contributed by atoms with Crippen molar-refractivity contribution in [3.8, 4) is 5.75 Å². The molecule has 0 saturated carbocycles. The fraction of sp³-hybridized carbons (Fsp3) is 0.222. The van der Waals surface area contributed by atoms with Gasteiger partial charge in [-0.1, -0.05) is 49.0 Å². The molecule has 1 aromatic heterocycles. The van der Waals surface area contributed by atoms with E-state index in [1.165, 1.54) is 17.3 Å². The fourth-order valence-electron chi connectivity index (χ4n) is 4.18. The van der Waals surface area contributed by atoms with E-state index in [2.05, 4.69) is 34.7 Å². The molecule has 34 heavy (non-hydrogen) atoms. The number of thioether (sulfide) groups is 1. The first-order valence-electron chi connectivity index (χ1n) is 11.4. The standard InChI is InChI=1S/C27H26N4O2S/c1-3-19-9-11-21(12-10-19)33-14-6-13-30-17-20(22-7-4-5-8-24(22)30)15-23-25(28)31-16-18(2)34-27(31)29-26(23)32/h4-5,7-12,15-17,28H,3,6,13-14H2,1-2H3. The molecule has 172 valence electrons. The quantitative estimate of drug-likeness (QED) is 0.348. The number of para-hydroxylation sites is 1. The summed E-state index contributed by atoms with van der Waals surface area (Å²) in [6.07, 6.45) is 7.56. The molecule has 3 heterocycles. The number of hydrogen-bond donors (Lipinski definition) is 1. The summed E-state index contributed by atoms with van der Waals surface area (Å²) in [5.74, 6) is 0.684. The fourth-order valence-corrected chi connectivity index (χ4v) is 5.00. The number of rotatable bonds is 7. The zero-order valence-corrected chi connectivity index (χ0v) is 20.1. The van der Waals surface area contributed by atoms with Crippen LogP contribution in [0.3, 0.4) is 0 Å². The van der Waals surface area contributed by atoms with Gasteiger partial charge in [0.1, 0.15) is 11.6 Å². The van der Waals surface area contributed by atoms with Gasteiger partial charge in [0.15, 0.2) is 5.17 Å². The van der Waals surface area contributed by atoms with Gasteiger partial charge in [-0.3, -0.25) is 15.1 Å². The van der Waals surface area contributed by atoms with Crippen LogP contribution in [0.25, 0.3) is 17.0 Å². The van der Waals surface area contributed by atoms with Crippen LogP contribution in [0.2, 0.25) is 0 Å². The number of benzene rings is 2. The van der Waals surface area contributed by atoms with Crippen molar-refractivity contribution in [3.63, 3.8) is 0 Å². The number of aromatic nitrogens is 1. The molecule has 5 rings (SSSR count). The van der Waals surface area contributed by atoms with E-state index in [0.717, 1.165) is 46.5 Å². The number of hydrogen-bond acceptors (Lipinski definition) is 4. The van der Waals surface area contributed by atoms with E-state index in [0.29, 0.717) is 17.3 Å². The summed E-state index contributed by atoms with van der Waals surface area (Å²) in [4.78, 5) is 19.6. The first kappa shape index (κ1) is 22.2. The highest BCUT2D eigenvalue weighted by molar-refractivity contribution is 8.17. The molecule has 0 radical (unpaired) electrons. The molecule has 6 nitrogen and oxygen atoms in total. The smallest absolute Gasteiger partial charge is 0.283 e. The van der Waals surface area contributed by atoms with E-state index in [4.69, 9.17) is 10.1 Å². The van der Waals surface area contributed by atoms with Crippen molar-refractivity contribution < 1.29 is 9.53 Å². The summed E-state index contributed by atoms with van der Waals surface area (Å²) in [5, 5.41) is 10.2. The number of aryl methyl sites for hydroxylation is 2. The molecule has 0 saturated heterocycles. The lowest BCUT2D eigenvalue weighted by molar-refractivity contribution is -0.114. The monoisotopic (exact) mass is 470 g/mol. The molecule has 0 aliphatic carbocycles. The predicted molar refractivity (Wildman–Crippen MR) is 139 cm³/mol. The van der Waals surface area contributed by atoms with Gasteiger partial charge in [-0.05, 0) is 49.6 Å². The molecule has 2 aromatic carbocycles. The zero-order chi connectivity index (χ0) is 23.7. The van der Waals surface area contributed by atoms with E-state index >= 15 is 0 Å². The summed E-state index contributed by atoms with van der Waals surface area (Å²) in [6.45, 7) is 5.50. The molecule has 7 heteroatoms. The second kappa shape index (κ2) is 9.35. The molecule has 1 amide bonds. The van der Waals surface area contributed by atoms with E-state index in [1.807, 2.05) is 49.7 Å². The minimum absolute atomic E-state index is 0.165. The highest BCUT2D eigenvalue weighted by Crippen LogP contribution is 2.33. The molecule has 3 aromatic rings. The number of nitrogens with zero attached hydrogens (tertiary/aromatic N) is 3. The number of nitrogens with one attached hydrogen (secondary N) is 1. The molecule has 0 spiro atoms. The summed E-state index contributed by atoms with van der Waals surface area (Å²) in [5.41, 5.74) is 3.60. The van der Waals surface area contributed by atoms with Crippen LogP contribution in [0.1, 0.15) is 31.4 Å². The van der Waals surface area contributed by atoms with Crippen LogP contribution in [0.5, 0.6) is 5.75 Å². The van der Waals surface area contributed by atoms with Crippen molar-refractivity contribution in [1.29, 1.82) is 5.41 Å². The highest BCUT2D eigenvalue weighted by Gasteiger charge is 2.33. The van der Waals surface area contributed by atoms with E-state index < -0.39 is 0 Å². The predicted octanol–water partition coefficient (Wildman–Crippen LogP) is 5.84. The largest absolute Gasteiger partial charge is 0.494 e. The van der Waals surface area contributed by atoms with Crippen molar-refractivity contribution in [3.05, 3.63) is 82.5 Å². The van der Waals surface area contributed by atoms with Crippen molar-refractivity contribution in [2.75, 3.05) is 6.61 Å². The van der Waals surface area contributed by atoms with Crippen molar-refractivity contribution in [2.24, 2.45) is 4.99 Å². The summed E-state index contributed by atoms with van der Waals surface area (Å²) in [7, 11) is 0. The lowest BCUT2D eigenvalue weighted by Crippen LogP contribution is -2.35. The van der Waals surface area contributed by atoms with Gasteiger partial charge in [0.2, 0.25) is 0 Å². The van der Waals surface area contributed by atoms with Crippen LogP contribution < -0.4 is 4.74 Å². The maximum Gasteiger partial charge on any atom is 0.283 e. The molecular formula is C27H26N4O2S. The third kappa shape index (κ3) is 4.31. The Kier molecular flexibility index (Phi) is 6.11. The number of carbonyl (C=O) groups excluding carboxylic acids is 1. The minimum Gasteiger partial charge on any atom is -0.494 e. The Morgan fingerprint density at radius 2 is 1.94 bits per heavy atom. The Bertz CT molecular complexity index is 1370. The lowest BCUT2D eigenvalue weighted by atomic mass is 10.1. The van der Waals surface area contributed by atoms with Gasteiger partial charge >= 0.3 is 0 Å². The third-order valence-electron chi connectivity index (χ3n) is 5.96. The van der Waals surface area contributed by atoms with Crippen molar-refractivity contribution in [2.45, 2.75) is 33.2 Å². The van der Waals surface area contributed by atoms with Gasteiger partial charge < -0.3 is 9.30 Å². The van der Waals surface area contributed by atoms with Crippen LogP contribution >= 0.6 is 11.8 Å². The molecule has 2 aliphatic heterocycles. The molecule has 0 unspecified atom stereocenters. The van der Waals surface area contributed by atoms with Gasteiger partial charge in [0.05, 0.1) is 12.2 Å². The Morgan fingerprint density at radius 3 is 2.74 bits per heavy atom. The third-order valence-corrected chi connectivity index (χ3v) is 6.85. The Labute approximate surface area is 203 Å². The lowest BCUT2D eigenvalue weighted by Gasteiger charge is -2.22. The van der Waals surface area contributed by atoms with E-state index in [1.54, 1.807) is 11.0 Å². The molecule has 0 atom stereocenters. The number of aliphatic imine (C=N–C) groups is 1. The van der Waals surface area contributed by atoms with Crippen LogP contribution in [0.15, 0.2) is 76.4 Å². The highest BCUT2D eigenvalue weighted by atomic mass is 32.2. The van der Waals surface area contributed by atoms with Crippen LogP contribution in [0, 0.1) is 5.41 Å². The molecule has 2 aliphatic rings. The van der Waals surface area contributed by atoms with Gasteiger partial charge in [0, 0.05) is 40.3 Å². The first-order valence-corrected chi connectivity index (χ1v) is 12.2. The van der Waals surface area contributed by atoms with Crippen molar-refractivity contribution in [1.82, 2.24) is 9.47 Å². The number of fused-ring (bicyclic) bond motifs is 2. The maximum atomic E-state index is 12.7. The number of ether oxygens (including phenoxy) is 1. The second-order valence-corrected chi connectivity index (χ2v) is 9.53. The van der Waals surface area contributed by atoms with Crippen LogP contribution in [-0.4, -0.2) is 33.0 Å². The zero-order valence-electron chi connectivity index (χ0n) is 19.2. The maximum absolute atomic E-state index is 12.7. The van der Waals surface area contributed by atoms with Crippen molar-refractivity contribution >= 4 is 45.7 Å². The second-order valence-electron chi connectivity index (χ2n) is 8.31. The average Bonchev–Trinajstić information content (AvgIpc) is 3.39. The Hall–Kier alpha value is -3.58. The molecule has 0 bridgehead atoms. The Morgan fingerprint density at radius 1 is 1.15 bits per heavy atom. The topological polar surface area (TPSA) is 70.7 Å². The molecule has 0 fully saturated rings. The van der Waals surface area contributed by atoms with Crippen LogP contribution in [0.4, 0.5) is 0 Å². The number of allylic oxidation sites excluding steroid dienone is 1. The summed E-state index contributed by atoms with van der Waals surface area (Å²) in [6, 6.07) is 16.4. The van der Waals surface area contributed by atoms with Gasteiger partial charge in [-0.2, -0.15) is 4.99 Å². The minimum atomic E-state index is -0.369. The van der Waals surface area contributed by atoms with Crippen LogP contribution in [-0.2, 0) is 17.8 Å². The number of carbonyl (C=O) groups is 1. The molecule has 1 N–H and O–H groups in total. The number of amides is 1. The van der Waals surface area contributed by atoms with Gasteiger partial charge in [-0.15, -0.1) is 0 Å². The summed E-state index contributed by atoms with van der Waals surface area (Å²) < 4.78 is 8.11. The normalized spacial score (nSPS) is 16.8. The first-order chi connectivity index (χ1) is 16.5. The van der Waals surface area contributed by atoms with E-state index in [9.17, 15) is 4.79 Å². The van der Waals surface area contributed by atoms with Gasteiger partial charge in [0.25, 0.3) is 5.91 Å². The Balaban J connectivity index is 1.34. The average molecular weight is 471 g/mol. The number of amidine groups is 2. The molecular weight excluding hydrogens is 444 g/mol. The van der Waals surface area contributed by atoms with E-state index in [-0.39, 0.29) is 11.7 Å². The van der Waals surface area contributed by atoms with Gasteiger partial charge in [-0.25, -0.2) is 0 Å².